The number of carbonyl (C=O) groups excluding carboxylic acids is 1. The molecular weight excluding hydrogens is 255 g/mol. The molecule has 0 aliphatic heterocycles. The maximum absolute atomic E-state index is 10.6. The van der Waals surface area contributed by atoms with Gasteiger partial charge in [0.25, 0.3) is 0 Å². The first kappa shape index (κ1) is 8.78. The molecular formula is C9H4BrClO2. The third-order valence-electron chi connectivity index (χ3n) is 1.76. The van der Waals surface area contributed by atoms with Gasteiger partial charge in [-0.2, -0.15) is 0 Å². The summed E-state index contributed by atoms with van der Waals surface area (Å²) < 4.78 is 6.07. The van der Waals surface area contributed by atoms with E-state index < -0.39 is 0 Å². The second-order valence-electron chi connectivity index (χ2n) is 2.55. The van der Waals surface area contributed by atoms with Gasteiger partial charge in [0.05, 0.1) is 5.56 Å². The fourth-order valence-corrected chi connectivity index (χ4v) is 1.74. The minimum Gasteiger partial charge on any atom is -0.444 e. The Balaban J connectivity index is 2.86. The Morgan fingerprint density at radius 2 is 2.23 bits per heavy atom. The van der Waals surface area contributed by atoms with Crippen molar-refractivity contribution in [3.05, 3.63) is 33.5 Å². The number of rotatable bonds is 1. The van der Waals surface area contributed by atoms with Crippen molar-refractivity contribution in [2.75, 3.05) is 0 Å². The van der Waals surface area contributed by atoms with Crippen LogP contribution in [0.2, 0.25) is 5.22 Å². The minimum absolute atomic E-state index is 0.142. The van der Waals surface area contributed by atoms with Crippen molar-refractivity contribution in [2.45, 2.75) is 0 Å². The first-order chi connectivity index (χ1) is 6.22. The number of benzene rings is 1. The Morgan fingerprint density at radius 1 is 1.46 bits per heavy atom. The lowest BCUT2D eigenvalue weighted by Gasteiger charge is -1.88. The van der Waals surface area contributed by atoms with E-state index in [1.165, 1.54) is 0 Å². The number of hydrogen-bond acceptors (Lipinski definition) is 2. The Bertz CT molecular complexity index is 476. The van der Waals surface area contributed by atoms with E-state index >= 15 is 0 Å². The molecule has 1 heterocycles. The number of carbonyl (C=O) groups is 1. The number of aldehydes is 1. The first-order valence-corrected chi connectivity index (χ1v) is 4.72. The Kier molecular flexibility index (Phi) is 2.14. The van der Waals surface area contributed by atoms with Crippen molar-refractivity contribution < 1.29 is 9.21 Å². The smallest absolute Gasteiger partial charge is 0.205 e. The summed E-state index contributed by atoms with van der Waals surface area (Å²) in [7, 11) is 0. The van der Waals surface area contributed by atoms with Gasteiger partial charge in [0, 0.05) is 9.86 Å². The van der Waals surface area contributed by atoms with E-state index in [9.17, 15) is 4.79 Å². The quantitative estimate of drug-likeness (QED) is 0.732. The molecule has 13 heavy (non-hydrogen) atoms. The monoisotopic (exact) mass is 258 g/mol. The third-order valence-corrected chi connectivity index (χ3v) is 2.54. The normalized spacial score (nSPS) is 10.6. The molecule has 66 valence electrons. The van der Waals surface area contributed by atoms with E-state index in [1.54, 1.807) is 12.1 Å². The molecule has 2 nitrogen and oxygen atoms in total. The summed E-state index contributed by atoms with van der Waals surface area (Å²) in [4.78, 5) is 10.6. The van der Waals surface area contributed by atoms with Crippen LogP contribution in [0.15, 0.2) is 27.1 Å². The highest BCUT2D eigenvalue weighted by atomic mass is 79.9. The molecule has 0 radical (unpaired) electrons. The van der Waals surface area contributed by atoms with Gasteiger partial charge in [-0.15, -0.1) is 0 Å². The molecule has 0 saturated carbocycles. The largest absolute Gasteiger partial charge is 0.444 e. The van der Waals surface area contributed by atoms with Gasteiger partial charge in [-0.05, 0) is 29.8 Å². The summed E-state index contributed by atoms with van der Waals surface area (Å²) in [5.74, 6) is 0. The Labute approximate surface area is 87.6 Å². The fourth-order valence-electron chi connectivity index (χ4n) is 1.17. The fraction of sp³-hybridized carbons (Fsp3) is 0. The average molecular weight is 259 g/mol. The molecule has 0 unspecified atom stereocenters. The van der Waals surface area contributed by atoms with Crippen LogP contribution in [-0.4, -0.2) is 6.29 Å². The zero-order valence-electron chi connectivity index (χ0n) is 6.38. The molecule has 0 saturated heterocycles. The van der Waals surface area contributed by atoms with Gasteiger partial charge >= 0.3 is 0 Å². The maximum atomic E-state index is 10.6. The second kappa shape index (κ2) is 3.16. The van der Waals surface area contributed by atoms with Crippen LogP contribution in [0.5, 0.6) is 0 Å². The van der Waals surface area contributed by atoms with Crippen LogP contribution in [0.25, 0.3) is 11.0 Å². The standard InChI is InChI=1S/C9H4BrClO2/c10-5-1-2-6-7(4-12)9(11)13-8(6)3-5/h1-4H. The van der Waals surface area contributed by atoms with Crippen LogP contribution in [0, 0.1) is 0 Å². The van der Waals surface area contributed by atoms with Crippen molar-refractivity contribution in [1.29, 1.82) is 0 Å². The van der Waals surface area contributed by atoms with E-state index in [0.717, 1.165) is 9.86 Å². The van der Waals surface area contributed by atoms with Crippen LogP contribution in [0.1, 0.15) is 10.4 Å². The summed E-state index contributed by atoms with van der Waals surface area (Å²) in [5.41, 5.74) is 1.02. The highest BCUT2D eigenvalue weighted by Gasteiger charge is 2.11. The molecule has 0 fully saturated rings. The third kappa shape index (κ3) is 1.38. The predicted molar refractivity (Wildman–Crippen MR) is 54.3 cm³/mol. The van der Waals surface area contributed by atoms with Crippen molar-refractivity contribution in [1.82, 2.24) is 0 Å². The topological polar surface area (TPSA) is 30.2 Å². The lowest BCUT2D eigenvalue weighted by Crippen LogP contribution is -1.75. The SMILES string of the molecule is O=Cc1c(Cl)oc2cc(Br)ccc12. The molecule has 0 amide bonds. The molecule has 0 atom stereocenters. The van der Waals surface area contributed by atoms with Crippen molar-refractivity contribution in [3.63, 3.8) is 0 Å². The van der Waals surface area contributed by atoms with Gasteiger partial charge in [-0.25, -0.2) is 0 Å². The molecule has 0 aliphatic rings. The molecule has 0 aliphatic carbocycles. The minimum atomic E-state index is 0.142. The lowest BCUT2D eigenvalue weighted by molar-refractivity contribution is 0.112. The number of fused-ring (bicyclic) bond motifs is 1. The number of hydrogen-bond donors (Lipinski definition) is 0. The molecule has 0 spiro atoms. The summed E-state index contributed by atoms with van der Waals surface area (Å²) in [5, 5.41) is 0.881. The molecule has 0 bridgehead atoms. The summed E-state index contributed by atoms with van der Waals surface area (Å²) in [6.45, 7) is 0. The highest BCUT2D eigenvalue weighted by molar-refractivity contribution is 9.10. The zero-order chi connectivity index (χ0) is 9.42. The van der Waals surface area contributed by atoms with Crippen LogP contribution >= 0.6 is 27.5 Å². The highest BCUT2D eigenvalue weighted by Crippen LogP contribution is 2.30. The van der Waals surface area contributed by atoms with Crippen LogP contribution in [0.3, 0.4) is 0 Å². The predicted octanol–water partition coefficient (Wildman–Crippen LogP) is 3.66. The van der Waals surface area contributed by atoms with E-state index in [2.05, 4.69) is 15.9 Å². The first-order valence-electron chi connectivity index (χ1n) is 3.55. The van der Waals surface area contributed by atoms with E-state index in [1.807, 2.05) is 6.07 Å². The summed E-state index contributed by atoms with van der Waals surface area (Å²) >= 11 is 9.00. The van der Waals surface area contributed by atoms with Crippen LogP contribution in [-0.2, 0) is 0 Å². The molecule has 0 N–H and O–H groups in total. The van der Waals surface area contributed by atoms with Gasteiger partial charge < -0.3 is 4.42 Å². The van der Waals surface area contributed by atoms with Crippen LogP contribution < -0.4 is 0 Å². The molecule has 2 rings (SSSR count). The van der Waals surface area contributed by atoms with Crippen LogP contribution in [0.4, 0.5) is 0 Å². The average Bonchev–Trinajstić information content (AvgIpc) is 2.39. The Hall–Kier alpha value is -0.800. The molecule has 4 heteroatoms. The lowest BCUT2D eigenvalue weighted by atomic mass is 10.2. The second-order valence-corrected chi connectivity index (χ2v) is 3.81. The van der Waals surface area contributed by atoms with Gasteiger partial charge in [0.1, 0.15) is 5.58 Å². The number of halogens is 2. The van der Waals surface area contributed by atoms with Gasteiger partial charge in [-0.1, -0.05) is 15.9 Å². The van der Waals surface area contributed by atoms with Crippen molar-refractivity contribution >= 4 is 44.8 Å². The van der Waals surface area contributed by atoms with Crippen molar-refractivity contribution in [3.8, 4) is 0 Å². The van der Waals surface area contributed by atoms with Gasteiger partial charge in [-0.3, -0.25) is 4.79 Å². The molecule has 1 aromatic heterocycles. The maximum Gasteiger partial charge on any atom is 0.205 e. The van der Waals surface area contributed by atoms with Gasteiger partial charge in [0.15, 0.2) is 6.29 Å². The van der Waals surface area contributed by atoms with Crippen molar-refractivity contribution in [2.24, 2.45) is 0 Å². The summed E-state index contributed by atoms with van der Waals surface area (Å²) in [6, 6.07) is 5.40. The Morgan fingerprint density at radius 3 is 2.92 bits per heavy atom. The zero-order valence-corrected chi connectivity index (χ0v) is 8.72. The molecule has 1 aromatic carbocycles. The molecule has 2 aromatic rings. The number of furan rings is 1. The van der Waals surface area contributed by atoms with E-state index in [0.29, 0.717) is 17.4 Å². The van der Waals surface area contributed by atoms with E-state index in [-0.39, 0.29) is 5.22 Å². The summed E-state index contributed by atoms with van der Waals surface area (Å²) in [6.07, 6.45) is 0.696. The van der Waals surface area contributed by atoms with E-state index in [4.69, 9.17) is 16.0 Å². The van der Waals surface area contributed by atoms with Gasteiger partial charge in [0.2, 0.25) is 5.22 Å².